The molecule has 0 saturated carbocycles. The van der Waals surface area contributed by atoms with Crippen LogP contribution in [-0.4, -0.2) is 18.7 Å². The topological polar surface area (TPSA) is 50.7 Å². The molecule has 0 saturated heterocycles. The number of hydrogen-bond donors (Lipinski definition) is 1. The first kappa shape index (κ1) is 15.5. The van der Waals surface area contributed by atoms with Crippen molar-refractivity contribution in [2.75, 3.05) is 6.61 Å². The van der Waals surface area contributed by atoms with Gasteiger partial charge < -0.3 is 4.74 Å². The molecule has 0 aliphatic carbocycles. The van der Waals surface area contributed by atoms with E-state index >= 15 is 0 Å². The van der Waals surface area contributed by atoms with E-state index in [9.17, 15) is 4.79 Å². The standard InChI is InChI=1S/C16H17BrN2O2/c1-11(2)9-18-19-16(20)10-21-15-6-4-12-7-14(17)5-3-13(12)8-15/h3-9,11H,10H2,1-2H3,(H,19,20). The summed E-state index contributed by atoms with van der Waals surface area (Å²) in [5.74, 6) is 0.682. The van der Waals surface area contributed by atoms with Crippen LogP contribution in [0.2, 0.25) is 0 Å². The third-order valence-electron chi connectivity index (χ3n) is 2.71. The number of carbonyl (C=O) groups is 1. The minimum Gasteiger partial charge on any atom is -0.484 e. The predicted molar refractivity (Wildman–Crippen MR) is 88.6 cm³/mol. The molecule has 2 aromatic rings. The maximum absolute atomic E-state index is 11.6. The maximum atomic E-state index is 11.6. The molecule has 0 fully saturated rings. The van der Waals surface area contributed by atoms with Gasteiger partial charge in [-0.25, -0.2) is 5.43 Å². The third-order valence-corrected chi connectivity index (χ3v) is 3.20. The number of benzene rings is 2. The minimum atomic E-state index is -0.275. The first-order valence-electron chi connectivity index (χ1n) is 6.69. The summed E-state index contributed by atoms with van der Waals surface area (Å²) in [6, 6.07) is 11.7. The molecule has 0 bridgehead atoms. The van der Waals surface area contributed by atoms with Crippen LogP contribution in [-0.2, 0) is 4.79 Å². The Morgan fingerprint density at radius 3 is 2.76 bits per heavy atom. The highest BCUT2D eigenvalue weighted by Gasteiger charge is 2.03. The number of rotatable bonds is 5. The average Bonchev–Trinajstić information content (AvgIpc) is 2.44. The van der Waals surface area contributed by atoms with Gasteiger partial charge in [-0.3, -0.25) is 4.79 Å². The largest absolute Gasteiger partial charge is 0.484 e. The highest BCUT2D eigenvalue weighted by Crippen LogP contribution is 2.24. The lowest BCUT2D eigenvalue weighted by Gasteiger charge is -2.07. The lowest BCUT2D eigenvalue weighted by Crippen LogP contribution is -2.24. The highest BCUT2D eigenvalue weighted by molar-refractivity contribution is 9.10. The van der Waals surface area contributed by atoms with Gasteiger partial charge in [-0.1, -0.05) is 41.9 Å². The van der Waals surface area contributed by atoms with Gasteiger partial charge in [0, 0.05) is 10.7 Å². The molecule has 0 spiro atoms. The number of halogens is 1. The number of amides is 1. The Kier molecular flexibility index (Phi) is 5.33. The Balaban J connectivity index is 1.94. The van der Waals surface area contributed by atoms with Crippen molar-refractivity contribution in [2.45, 2.75) is 13.8 Å². The second-order valence-electron chi connectivity index (χ2n) is 5.00. The smallest absolute Gasteiger partial charge is 0.277 e. The van der Waals surface area contributed by atoms with E-state index in [0.29, 0.717) is 11.7 Å². The molecule has 2 rings (SSSR count). The first-order chi connectivity index (χ1) is 10.0. The van der Waals surface area contributed by atoms with E-state index in [1.807, 2.05) is 50.2 Å². The predicted octanol–water partition coefficient (Wildman–Crippen LogP) is 3.74. The monoisotopic (exact) mass is 348 g/mol. The number of fused-ring (bicyclic) bond motifs is 1. The normalized spacial score (nSPS) is 11.2. The van der Waals surface area contributed by atoms with Crippen LogP contribution in [0.4, 0.5) is 0 Å². The Labute approximate surface area is 132 Å². The van der Waals surface area contributed by atoms with Crippen molar-refractivity contribution in [1.82, 2.24) is 5.43 Å². The van der Waals surface area contributed by atoms with Gasteiger partial charge in [0.2, 0.25) is 0 Å². The van der Waals surface area contributed by atoms with Crippen LogP contribution in [0.5, 0.6) is 5.75 Å². The number of hydrogen-bond acceptors (Lipinski definition) is 3. The fraction of sp³-hybridized carbons (Fsp3) is 0.250. The molecule has 2 aromatic carbocycles. The van der Waals surface area contributed by atoms with Gasteiger partial charge in [-0.15, -0.1) is 0 Å². The van der Waals surface area contributed by atoms with Crippen molar-refractivity contribution >= 4 is 38.8 Å². The fourth-order valence-electron chi connectivity index (χ4n) is 1.72. The van der Waals surface area contributed by atoms with Crippen molar-refractivity contribution in [1.29, 1.82) is 0 Å². The summed E-state index contributed by atoms with van der Waals surface area (Å²) >= 11 is 3.44. The zero-order valence-electron chi connectivity index (χ0n) is 12.0. The molecule has 0 atom stereocenters. The second-order valence-corrected chi connectivity index (χ2v) is 5.91. The van der Waals surface area contributed by atoms with Crippen molar-refractivity contribution < 1.29 is 9.53 Å². The summed E-state index contributed by atoms with van der Waals surface area (Å²) in [4.78, 5) is 11.6. The molecule has 0 unspecified atom stereocenters. The molecule has 1 amide bonds. The van der Waals surface area contributed by atoms with Crippen molar-refractivity contribution in [3.8, 4) is 5.75 Å². The van der Waals surface area contributed by atoms with E-state index < -0.39 is 0 Å². The molecule has 1 N–H and O–H groups in total. The van der Waals surface area contributed by atoms with Crippen molar-refractivity contribution in [3.05, 3.63) is 40.9 Å². The molecule has 21 heavy (non-hydrogen) atoms. The molecule has 0 aromatic heterocycles. The number of ether oxygens (including phenoxy) is 1. The highest BCUT2D eigenvalue weighted by atomic mass is 79.9. The van der Waals surface area contributed by atoms with E-state index in [2.05, 4.69) is 26.5 Å². The Hall–Kier alpha value is -1.88. The fourth-order valence-corrected chi connectivity index (χ4v) is 2.10. The first-order valence-corrected chi connectivity index (χ1v) is 7.48. The lowest BCUT2D eigenvalue weighted by molar-refractivity contribution is -0.123. The third kappa shape index (κ3) is 4.86. The number of hydrazone groups is 1. The van der Waals surface area contributed by atoms with Crippen molar-refractivity contribution in [2.24, 2.45) is 11.0 Å². The van der Waals surface area contributed by atoms with E-state index in [-0.39, 0.29) is 12.5 Å². The van der Waals surface area contributed by atoms with Crippen LogP contribution in [0.15, 0.2) is 46.0 Å². The molecular weight excluding hydrogens is 332 g/mol. The SMILES string of the molecule is CC(C)C=NNC(=O)COc1ccc2cc(Br)ccc2c1. The summed E-state index contributed by atoms with van der Waals surface area (Å²) in [6.07, 6.45) is 1.67. The van der Waals surface area contributed by atoms with Crippen LogP contribution in [0.1, 0.15) is 13.8 Å². The number of nitrogens with one attached hydrogen (secondary N) is 1. The van der Waals surface area contributed by atoms with E-state index in [1.54, 1.807) is 6.21 Å². The van der Waals surface area contributed by atoms with Gasteiger partial charge in [-0.05, 0) is 41.0 Å². The lowest BCUT2D eigenvalue weighted by atomic mass is 10.1. The average molecular weight is 349 g/mol. The summed E-state index contributed by atoms with van der Waals surface area (Å²) in [5.41, 5.74) is 2.43. The Morgan fingerprint density at radius 2 is 2.00 bits per heavy atom. The van der Waals surface area contributed by atoms with E-state index in [0.717, 1.165) is 15.2 Å². The quantitative estimate of drug-likeness (QED) is 0.660. The van der Waals surface area contributed by atoms with Crippen LogP contribution in [0.25, 0.3) is 10.8 Å². The van der Waals surface area contributed by atoms with Gasteiger partial charge >= 0.3 is 0 Å². The second kappa shape index (κ2) is 7.22. The Bertz CT molecular complexity index is 668. The zero-order chi connectivity index (χ0) is 15.2. The van der Waals surface area contributed by atoms with E-state index in [4.69, 9.17) is 4.74 Å². The molecule has 0 heterocycles. The van der Waals surface area contributed by atoms with Crippen LogP contribution >= 0.6 is 15.9 Å². The summed E-state index contributed by atoms with van der Waals surface area (Å²) in [7, 11) is 0. The van der Waals surface area contributed by atoms with Gasteiger partial charge in [-0.2, -0.15) is 5.10 Å². The summed E-state index contributed by atoms with van der Waals surface area (Å²) in [6.45, 7) is 3.91. The van der Waals surface area contributed by atoms with Gasteiger partial charge in [0.1, 0.15) is 5.75 Å². The van der Waals surface area contributed by atoms with Crippen LogP contribution < -0.4 is 10.2 Å². The Morgan fingerprint density at radius 1 is 1.29 bits per heavy atom. The molecule has 0 aliphatic rings. The molecule has 0 aliphatic heterocycles. The van der Waals surface area contributed by atoms with Crippen LogP contribution in [0, 0.1) is 5.92 Å². The molecule has 110 valence electrons. The zero-order valence-corrected chi connectivity index (χ0v) is 13.6. The summed E-state index contributed by atoms with van der Waals surface area (Å²) < 4.78 is 6.50. The number of nitrogens with zero attached hydrogens (tertiary/aromatic N) is 1. The van der Waals surface area contributed by atoms with Gasteiger partial charge in [0.15, 0.2) is 6.61 Å². The van der Waals surface area contributed by atoms with Gasteiger partial charge in [0.05, 0.1) is 0 Å². The van der Waals surface area contributed by atoms with Gasteiger partial charge in [0.25, 0.3) is 5.91 Å². The number of carbonyl (C=O) groups excluding carboxylic acids is 1. The van der Waals surface area contributed by atoms with Crippen LogP contribution in [0.3, 0.4) is 0 Å². The van der Waals surface area contributed by atoms with E-state index in [1.165, 1.54) is 0 Å². The molecule has 0 radical (unpaired) electrons. The minimum absolute atomic E-state index is 0.0581. The summed E-state index contributed by atoms with van der Waals surface area (Å²) in [5, 5.41) is 6.01. The molecular formula is C16H17BrN2O2. The maximum Gasteiger partial charge on any atom is 0.277 e. The van der Waals surface area contributed by atoms with Crippen molar-refractivity contribution in [3.63, 3.8) is 0 Å². The molecule has 5 heteroatoms. The molecule has 4 nitrogen and oxygen atoms in total.